The summed E-state index contributed by atoms with van der Waals surface area (Å²) >= 11 is 0. The molecule has 3 N–H and O–H groups in total. The normalized spacial score (nSPS) is 23.1. The summed E-state index contributed by atoms with van der Waals surface area (Å²) in [5, 5.41) is 2.74. The second kappa shape index (κ2) is 5.23. The van der Waals surface area contributed by atoms with E-state index < -0.39 is 0 Å². The molecule has 0 saturated carbocycles. The Hall–Kier alpha value is -0.570. The van der Waals surface area contributed by atoms with Crippen molar-refractivity contribution in [3.63, 3.8) is 0 Å². The molecule has 0 spiro atoms. The average Bonchev–Trinajstić information content (AvgIpc) is 2.40. The highest BCUT2D eigenvalue weighted by molar-refractivity contribution is 5.78. The lowest BCUT2D eigenvalue weighted by molar-refractivity contribution is -0.119. The van der Waals surface area contributed by atoms with Gasteiger partial charge in [0.2, 0.25) is 5.91 Å². The predicted molar refractivity (Wildman–Crippen MR) is 41.6 cm³/mol. The molecule has 1 atom stereocenters. The van der Waals surface area contributed by atoms with E-state index in [0.717, 1.165) is 6.42 Å². The summed E-state index contributed by atoms with van der Waals surface area (Å²) in [4.78, 5) is 10.4. The molecule has 1 rings (SSSR count). The van der Waals surface area contributed by atoms with Gasteiger partial charge in [-0.25, -0.2) is 0 Å². The summed E-state index contributed by atoms with van der Waals surface area (Å²) in [6.45, 7) is 4.58. The minimum atomic E-state index is 0.139. The molecule has 3 nitrogen and oxygen atoms in total. The quantitative estimate of drug-likeness (QED) is 0.554. The molecule has 0 radical (unpaired) electrons. The first-order chi connectivity index (χ1) is 4.83. The molecule has 1 heterocycles. The molecule has 1 fully saturated rings. The first-order valence-electron chi connectivity index (χ1n) is 3.82. The molecule has 1 saturated heterocycles. The number of rotatable bonds is 1. The highest BCUT2D eigenvalue weighted by Crippen LogP contribution is 2.03. The third kappa shape index (κ3) is 2.82. The van der Waals surface area contributed by atoms with Crippen molar-refractivity contribution in [2.24, 2.45) is 5.73 Å². The number of amides is 1. The molecule has 3 heteroatoms. The predicted octanol–water partition coefficient (Wildman–Crippen LogP) is 0.250. The molecule has 60 valence electrons. The van der Waals surface area contributed by atoms with Crippen molar-refractivity contribution >= 4 is 5.91 Å². The summed E-state index contributed by atoms with van der Waals surface area (Å²) < 4.78 is 0. The Labute approximate surface area is 62.0 Å². The van der Waals surface area contributed by atoms with Gasteiger partial charge in [0, 0.05) is 19.0 Å². The number of carbonyl (C=O) groups excluding carboxylic acids is 1. The zero-order valence-electron chi connectivity index (χ0n) is 6.68. The number of nitrogens with one attached hydrogen (secondary N) is 1. The largest absolute Gasteiger partial charge is 0.352 e. The Morgan fingerprint density at radius 3 is 2.50 bits per heavy atom. The van der Waals surface area contributed by atoms with Crippen LogP contribution < -0.4 is 11.1 Å². The van der Waals surface area contributed by atoms with Crippen molar-refractivity contribution in [2.75, 3.05) is 6.54 Å². The van der Waals surface area contributed by atoms with Gasteiger partial charge in [-0.3, -0.25) is 4.79 Å². The van der Waals surface area contributed by atoms with Gasteiger partial charge in [-0.2, -0.15) is 0 Å². The van der Waals surface area contributed by atoms with Gasteiger partial charge in [-0.1, -0.05) is 13.8 Å². The van der Waals surface area contributed by atoms with Gasteiger partial charge in [0.1, 0.15) is 0 Å². The smallest absolute Gasteiger partial charge is 0.220 e. The number of hydrogen-bond donors (Lipinski definition) is 2. The Morgan fingerprint density at radius 1 is 1.70 bits per heavy atom. The van der Waals surface area contributed by atoms with E-state index in [0.29, 0.717) is 13.0 Å². The van der Waals surface area contributed by atoms with Gasteiger partial charge >= 0.3 is 0 Å². The fraction of sp³-hybridized carbons (Fsp3) is 0.857. The molecule has 0 aromatic carbocycles. The lowest BCUT2D eigenvalue weighted by atomic mass is 10.2. The molecule has 1 unspecified atom stereocenters. The summed E-state index contributed by atoms with van der Waals surface area (Å²) in [6, 6.07) is 0.252. The molecular formula is C7H16N2O. The van der Waals surface area contributed by atoms with E-state index in [4.69, 9.17) is 5.73 Å². The van der Waals surface area contributed by atoms with Gasteiger partial charge in [0.05, 0.1) is 0 Å². The molecule has 0 aliphatic carbocycles. The van der Waals surface area contributed by atoms with E-state index in [-0.39, 0.29) is 11.9 Å². The Balaban J connectivity index is 0.000000371. The van der Waals surface area contributed by atoms with Crippen LogP contribution in [0.5, 0.6) is 0 Å². The zero-order chi connectivity index (χ0) is 7.98. The summed E-state index contributed by atoms with van der Waals surface area (Å²) in [6.07, 6.45) is 1.57. The number of nitrogens with two attached hydrogens (primary N) is 1. The van der Waals surface area contributed by atoms with Crippen molar-refractivity contribution < 1.29 is 4.79 Å². The summed E-state index contributed by atoms with van der Waals surface area (Å²) in [5.74, 6) is 0.139. The van der Waals surface area contributed by atoms with E-state index in [1.54, 1.807) is 0 Å². The lowest BCUT2D eigenvalue weighted by Gasteiger charge is -2.02. The van der Waals surface area contributed by atoms with Crippen LogP contribution in [0.25, 0.3) is 0 Å². The van der Waals surface area contributed by atoms with Crippen molar-refractivity contribution in [2.45, 2.75) is 32.7 Å². The SMILES string of the molecule is CC.NCC1CCC(=O)N1. The summed E-state index contributed by atoms with van der Waals surface area (Å²) in [7, 11) is 0. The molecule has 0 aromatic heterocycles. The van der Waals surface area contributed by atoms with E-state index in [1.807, 2.05) is 13.8 Å². The van der Waals surface area contributed by atoms with E-state index in [9.17, 15) is 4.79 Å². The maximum Gasteiger partial charge on any atom is 0.220 e. The van der Waals surface area contributed by atoms with Gasteiger partial charge in [-0.15, -0.1) is 0 Å². The first kappa shape index (κ1) is 9.43. The zero-order valence-corrected chi connectivity index (χ0v) is 6.68. The maximum atomic E-state index is 10.4. The van der Waals surface area contributed by atoms with E-state index in [2.05, 4.69) is 5.32 Å². The highest BCUT2D eigenvalue weighted by Gasteiger charge is 2.17. The maximum absolute atomic E-state index is 10.4. The minimum Gasteiger partial charge on any atom is -0.352 e. The third-order valence-corrected chi connectivity index (χ3v) is 1.37. The van der Waals surface area contributed by atoms with Crippen molar-refractivity contribution in [1.82, 2.24) is 5.32 Å². The number of carbonyl (C=O) groups is 1. The van der Waals surface area contributed by atoms with Crippen LogP contribution in [0.15, 0.2) is 0 Å². The molecule has 1 aliphatic rings. The van der Waals surface area contributed by atoms with Crippen LogP contribution in [0.4, 0.5) is 0 Å². The fourth-order valence-corrected chi connectivity index (χ4v) is 0.854. The van der Waals surface area contributed by atoms with Gasteiger partial charge in [0.15, 0.2) is 0 Å². The molecule has 10 heavy (non-hydrogen) atoms. The van der Waals surface area contributed by atoms with E-state index in [1.165, 1.54) is 0 Å². The topological polar surface area (TPSA) is 55.1 Å². The van der Waals surface area contributed by atoms with E-state index >= 15 is 0 Å². The van der Waals surface area contributed by atoms with Crippen LogP contribution in [-0.2, 0) is 4.79 Å². The minimum absolute atomic E-state index is 0.139. The van der Waals surface area contributed by atoms with Crippen LogP contribution in [0.1, 0.15) is 26.7 Å². The van der Waals surface area contributed by atoms with Gasteiger partial charge in [0.25, 0.3) is 0 Å². The average molecular weight is 144 g/mol. The van der Waals surface area contributed by atoms with Gasteiger partial charge < -0.3 is 11.1 Å². The van der Waals surface area contributed by atoms with Crippen LogP contribution in [0.3, 0.4) is 0 Å². The molecule has 0 bridgehead atoms. The van der Waals surface area contributed by atoms with Crippen LogP contribution >= 0.6 is 0 Å². The highest BCUT2D eigenvalue weighted by atomic mass is 16.1. The lowest BCUT2D eigenvalue weighted by Crippen LogP contribution is -2.32. The second-order valence-electron chi connectivity index (χ2n) is 2.04. The van der Waals surface area contributed by atoms with Crippen LogP contribution in [0, 0.1) is 0 Å². The Kier molecular flexibility index (Phi) is 4.94. The van der Waals surface area contributed by atoms with Crippen LogP contribution in [0.2, 0.25) is 0 Å². The molecule has 1 aliphatic heterocycles. The molecule has 1 amide bonds. The van der Waals surface area contributed by atoms with Crippen molar-refractivity contribution in [3.8, 4) is 0 Å². The standard InChI is InChI=1S/C5H10N2O.C2H6/c6-3-4-1-2-5(8)7-4;1-2/h4H,1-3,6H2,(H,7,8);1-2H3. The van der Waals surface area contributed by atoms with Crippen molar-refractivity contribution in [1.29, 1.82) is 0 Å². The van der Waals surface area contributed by atoms with Gasteiger partial charge in [-0.05, 0) is 6.42 Å². The molecule has 0 aromatic rings. The number of hydrogen-bond acceptors (Lipinski definition) is 2. The Bertz CT molecular complexity index is 104. The third-order valence-electron chi connectivity index (χ3n) is 1.37. The fourth-order valence-electron chi connectivity index (χ4n) is 0.854. The van der Waals surface area contributed by atoms with Crippen LogP contribution in [-0.4, -0.2) is 18.5 Å². The second-order valence-corrected chi connectivity index (χ2v) is 2.04. The molecular weight excluding hydrogens is 128 g/mol. The monoisotopic (exact) mass is 144 g/mol. The van der Waals surface area contributed by atoms with Crippen molar-refractivity contribution in [3.05, 3.63) is 0 Å². The first-order valence-corrected chi connectivity index (χ1v) is 3.82. The Morgan fingerprint density at radius 2 is 2.30 bits per heavy atom. The summed E-state index contributed by atoms with van der Waals surface area (Å²) in [5.41, 5.74) is 5.28.